The molecule has 0 saturated carbocycles. The number of rotatable bonds is 6. The second kappa shape index (κ2) is 7.16. The first-order valence-electron chi connectivity index (χ1n) is 6.84. The van der Waals surface area contributed by atoms with Gasteiger partial charge < -0.3 is 10.1 Å². The molecule has 0 fully saturated rings. The van der Waals surface area contributed by atoms with E-state index >= 15 is 0 Å². The summed E-state index contributed by atoms with van der Waals surface area (Å²) in [5, 5.41) is 8.98. The molecule has 4 nitrogen and oxygen atoms in total. The minimum absolute atomic E-state index is 0.139. The molecule has 1 aromatic heterocycles. The molecule has 1 heterocycles. The van der Waals surface area contributed by atoms with Crippen molar-refractivity contribution in [2.45, 2.75) is 25.9 Å². The Morgan fingerprint density at radius 1 is 1.38 bits per heavy atom. The molecule has 0 aliphatic carbocycles. The first-order chi connectivity index (χ1) is 10.1. The zero-order chi connectivity index (χ0) is 15.4. The number of halogens is 2. The van der Waals surface area contributed by atoms with Gasteiger partial charge >= 0.3 is 0 Å². The summed E-state index contributed by atoms with van der Waals surface area (Å²) >= 11 is 12.5. The van der Waals surface area contributed by atoms with Gasteiger partial charge in [0.1, 0.15) is 5.69 Å². The van der Waals surface area contributed by atoms with Gasteiger partial charge in [-0.15, -0.1) is 0 Å². The topological polar surface area (TPSA) is 39.1 Å². The molecule has 0 saturated heterocycles. The van der Waals surface area contributed by atoms with Gasteiger partial charge in [0.2, 0.25) is 0 Å². The number of nitrogens with one attached hydrogen (secondary N) is 1. The summed E-state index contributed by atoms with van der Waals surface area (Å²) in [4.78, 5) is 0. The molecule has 1 atom stereocenters. The van der Waals surface area contributed by atoms with Crippen LogP contribution in [-0.4, -0.2) is 23.9 Å². The third-order valence-electron chi connectivity index (χ3n) is 3.33. The Morgan fingerprint density at radius 2 is 2.14 bits per heavy atom. The maximum atomic E-state index is 6.34. The van der Waals surface area contributed by atoms with Crippen molar-refractivity contribution in [3.8, 4) is 5.75 Å². The Kier molecular flexibility index (Phi) is 5.51. The zero-order valence-electron chi connectivity index (χ0n) is 12.4. The third-order valence-corrected chi connectivity index (χ3v) is 3.91. The predicted octanol–water partition coefficient (Wildman–Crippen LogP) is 3.92. The van der Waals surface area contributed by atoms with Crippen molar-refractivity contribution in [1.29, 1.82) is 0 Å². The molecule has 1 N–H and O–H groups in total. The van der Waals surface area contributed by atoms with Gasteiger partial charge in [0.15, 0.2) is 5.75 Å². The van der Waals surface area contributed by atoms with Crippen molar-refractivity contribution in [3.05, 3.63) is 45.7 Å². The Morgan fingerprint density at radius 3 is 2.76 bits per heavy atom. The zero-order valence-corrected chi connectivity index (χ0v) is 13.9. The Balaban J connectivity index is 2.55. The summed E-state index contributed by atoms with van der Waals surface area (Å²) in [5.74, 6) is 0.735. The van der Waals surface area contributed by atoms with Crippen molar-refractivity contribution in [2.75, 3.05) is 14.2 Å². The SMILES string of the molecule is CCCn1ncc(OC)c1C(NC)c1cc(Cl)ccc1Cl. The second-order valence-electron chi connectivity index (χ2n) is 4.71. The molecule has 21 heavy (non-hydrogen) atoms. The summed E-state index contributed by atoms with van der Waals surface area (Å²) in [5.41, 5.74) is 1.86. The van der Waals surface area contributed by atoms with Crippen LogP contribution >= 0.6 is 23.2 Å². The first-order valence-corrected chi connectivity index (χ1v) is 7.59. The van der Waals surface area contributed by atoms with Crippen LogP contribution in [0, 0.1) is 0 Å². The standard InChI is InChI=1S/C15H19Cl2N3O/c1-4-7-20-15(13(21-3)9-19-20)14(18-2)11-8-10(16)5-6-12(11)17/h5-6,8-9,14,18H,4,7H2,1-3H3. The molecule has 0 radical (unpaired) electrons. The number of aryl methyl sites for hydroxylation is 1. The highest BCUT2D eigenvalue weighted by Crippen LogP contribution is 2.34. The molecule has 2 aromatic rings. The van der Waals surface area contributed by atoms with E-state index in [2.05, 4.69) is 17.3 Å². The van der Waals surface area contributed by atoms with Crippen molar-refractivity contribution in [1.82, 2.24) is 15.1 Å². The van der Waals surface area contributed by atoms with Crippen LogP contribution in [0.25, 0.3) is 0 Å². The number of nitrogens with zero attached hydrogens (tertiary/aromatic N) is 2. The van der Waals surface area contributed by atoms with Crippen LogP contribution in [0.2, 0.25) is 10.0 Å². The normalized spacial score (nSPS) is 12.4. The van der Waals surface area contributed by atoms with E-state index in [0.29, 0.717) is 10.0 Å². The van der Waals surface area contributed by atoms with E-state index in [4.69, 9.17) is 27.9 Å². The van der Waals surface area contributed by atoms with E-state index in [1.165, 1.54) is 0 Å². The van der Waals surface area contributed by atoms with E-state index in [-0.39, 0.29) is 6.04 Å². The first kappa shape index (κ1) is 16.1. The largest absolute Gasteiger partial charge is 0.493 e. The molecule has 2 rings (SSSR count). The van der Waals surface area contributed by atoms with Crippen LogP contribution in [0.3, 0.4) is 0 Å². The summed E-state index contributed by atoms with van der Waals surface area (Å²) in [7, 11) is 3.52. The second-order valence-corrected chi connectivity index (χ2v) is 5.55. The number of hydrogen-bond donors (Lipinski definition) is 1. The predicted molar refractivity (Wildman–Crippen MR) is 86.4 cm³/mol. The van der Waals surface area contributed by atoms with Gasteiger partial charge in [-0.2, -0.15) is 5.10 Å². The van der Waals surface area contributed by atoms with Crippen LogP contribution in [-0.2, 0) is 6.54 Å². The average Bonchev–Trinajstić information content (AvgIpc) is 2.87. The number of aromatic nitrogens is 2. The third kappa shape index (κ3) is 3.34. The summed E-state index contributed by atoms with van der Waals surface area (Å²) in [6.45, 7) is 2.92. The van der Waals surface area contributed by atoms with E-state index in [1.807, 2.05) is 17.8 Å². The summed E-state index contributed by atoms with van der Waals surface area (Å²) < 4.78 is 7.39. The monoisotopic (exact) mass is 327 g/mol. The maximum absolute atomic E-state index is 6.34. The van der Waals surface area contributed by atoms with Gasteiger partial charge in [-0.1, -0.05) is 30.1 Å². The quantitative estimate of drug-likeness (QED) is 0.874. The summed E-state index contributed by atoms with van der Waals surface area (Å²) in [6.07, 6.45) is 2.71. The van der Waals surface area contributed by atoms with Gasteiger partial charge in [-0.05, 0) is 37.2 Å². The van der Waals surface area contributed by atoms with Gasteiger partial charge in [0.25, 0.3) is 0 Å². The maximum Gasteiger partial charge on any atom is 0.161 e. The van der Waals surface area contributed by atoms with Crippen LogP contribution in [0.4, 0.5) is 0 Å². The molecular formula is C15H19Cl2N3O. The van der Waals surface area contributed by atoms with E-state index in [9.17, 15) is 0 Å². The molecule has 0 spiro atoms. The van der Waals surface area contributed by atoms with E-state index in [1.54, 1.807) is 25.4 Å². The minimum atomic E-state index is -0.139. The van der Waals surface area contributed by atoms with Crippen molar-refractivity contribution in [3.63, 3.8) is 0 Å². The minimum Gasteiger partial charge on any atom is -0.493 e. The van der Waals surface area contributed by atoms with Crippen molar-refractivity contribution < 1.29 is 4.74 Å². The number of ether oxygens (including phenoxy) is 1. The van der Waals surface area contributed by atoms with Gasteiger partial charge in [0, 0.05) is 16.6 Å². The molecular weight excluding hydrogens is 309 g/mol. The highest BCUT2D eigenvalue weighted by atomic mass is 35.5. The fourth-order valence-corrected chi connectivity index (χ4v) is 2.80. The van der Waals surface area contributed by atoms with Gasteiger partial charge in [-0.3, -0.25) is 4.68 Å². The Bertz CT molecular complexity index is 613. The molecule has 0 aliphatic heterocycles. The number of hydrogen-bond acceptors (Lipinski definition) is 3. The Hall–Kier alpha value is -1.23. The van der Waals surface area contributed by atoms with E-state index in [0.717, 1.165) is 30.0 Å². The van der Waals surface area contributed by atoms with Crippen molar-refractivity contribution in [2.24, 2.45) is 0 Å². The average molecular weight is 328 g/mol. The fourth-order valence-electron chi connectivity index (χ4n) is 2.39. The molecule has 0 bridgehead atoms. The van der Waals surface area contributed by atoms with Gasteiger partial charge in [-0.25, -0.2) is 0 Å². The van der Waals surface area contributed by atoms with Crippen LogP contribution in [0.1, 0.15) is 30.6 Å². The molecule has 0 aliphatic rings. The van der Waals surface area contributed by atoms with Crippen molar-refractivity contribution >= 4 is 23.2 Å². The summed E-state index contributed by atoms with van der Waals surface area (Å²) in [6, 6.07) is 5.31. The van der Waals surface area contributed by atoms with Crippen LogP contribution in [0.5, 0.6) is 5.75 Å². The number of methoxy groups -OCH3 is 1. The van der Waals surface area contributed by atoms with Gasteiger partial charge in [0.05, 0.1) is 19.3 Å². The molecule has 0 amide bonds. The fraction of sp³-hybridized carbons (Fsp3) is 0.400. The van der Waals surface area contributed by atoms with Crippen LogP contribution < -0.4 is 10.1 Å². The molecule has 1 aromatic carbocycles. The lowest BCUT2D eigenvalue weighted by atomic mass is 10.0. The number of benzene rings is 1. The highest BCUT2D eigenvalue weighted by Gasteiger charge is 2.24. The van der Waals surface area contributed by atoms with Crippen LogP contribution in [0.15, 0.2) is 24.4 Å². The smallest absolute Gasteiger partial charge is 0.161 e. The van der Waals surface area contributed by atoms with E-state index < -0.39 is 0 Å². The lowest BCUT2D eigenvalue weighted by Crippen LogP contribution is -2.22. The lowest BCUT2D eigenvalue weighted by Gasteiger charge is -2.21. The lowest BCUT2D eigenvalue weighted by molar-refractivity contribution is 0.400. The molecule has 6 heteroatoms. The Labute approximate surface area is 135 Å². The molecule has 114 valence electrons. The highest BCUT2D eigenvalue weighted by molar-refractivity contribution is 6.33. The molecule has 1 unspecified atom stereocenters.